The zero-order valence-corrected chi connectivity index (χ0v) is 22.8. The number of nitrogens with zero attached hydrogens (tertiary/aromatic N) is 2. The molecule has 194 valence electrons. The highest BCUT2D eigenvalue weighted by molar-refractivity contribution is 7.10. The minimum atomic E-state index is -0.607. The van der Waals surface area contributed by atoms with Gasteiger partial charge in [0.05, 0.1) is 37.1 Å². The number of para-hydroxylation sites is 1. The van der Waals surface area contributed by atoms with Gasteiger partial charge in [0, 0.05) is 16.1 Å². The third kappa shape index (κ3) is 4.52. The topological polar surface area (TPSA) is 91.2 Å². The number of hydrogen-bond donors (Lipinski definition) is 1. The van der Waals surface area contributed by atoms with E-state index < -0.39 is 6.04 Å². The number of thiazole rings is 1. The SMILES string of the molecule is COc1ccc(/C=c2\sc3n(c2=O)C(c2cccs2)C(C(=O)Nc2ccccc2)=C(C)N=3)c(OC)c1OC. The van der Waals surface area contributed by atoms with Crippen LogP contribution in [0.1, 0.15) is 23.4 Å². The van der Waals surface area contributed by atoms with Crippen LogP contribution in [0.25, 0.3) is 6.08 Å². The normalized spacial score (nSPS) is 15.1. The van der Waals surface area contributed by atoms with E-state index in [1.54, 1.807) is 36.8 Å². The second-order valence-electron chi connectivity index (χ2n) is 8.34. The Balaban J connectivity index is 1.66. The lowest BCUT2D eigenvalue weighted by atomic mass is 10.0. The van der Waals surface area contributed by atoms with E-state index in [2.05, 4.69) is 10.3 Å². The number of fused-ring (bicyclic) bond motifs is 1. The molecule has 1 aliphatic heterocycles. The largest absolute Gasteiger partial charge is 0.493 e. The fourth-order valence-electron chi connectivity index (χ4n) is 4.43. The molecule has 8 nitrogen and oxygen atoms in total. The molecule has 0 aliphatic carbocycles. The monoisotopic (exact) mass is 547 g/mol. The van der Waals surface area contributed by atoms with Gasteiger partial charge >= 0.3 is 0 Å². The molecular weight excluding hydrogens is 522 g/mol. The summed E-state index contributed by atoms with van der Waals surface area (Å²) >= 11 is 2.75. The number of thiophene rings is 1. The van der Waals surface area contributed by atoms with Crippen LogP contribution in [-0.2, 0) is 4.79 Å². The van der Waals surface area contributed by atoms with Gasteiger partial charge in [0.1, 0.15) is 6.04 Å². The fourth-order valence-corrected chi connectivity index (χ4v) is 6.29. The summed E-state index contributed by atoms with van der Waals surface area (Å²) in [4.78, 5) is 33.5. The van der Waals surface area contributed by atoms with Gasteiger partial charge in [-0.1, -0.05) is 35.6 Å². The lowest BCUT2D eigenvalue weighted by Gasteiger charge is -2.24. The summed E-state index contributed by atoms with van der Waals surface area (Å²) in [6.45, 7) is 1.80. The van der Waals surface area contributed by atoms with Crippen molar-refractivity contribution in [1.29, 1.82) is 0 Å². The molecular formula is C28H25N3O5S2. The molecule has 0 saturated heterocycles. The van der Waals surface area contributed by atoms with Gasteiger partial charge in [-0.05, 0) is 48.7 Å². The first-order chi connectivity index (χ1) is 18.5. The predicted octanol–water partition coefficient (Wildman–Crippen LogP) is 3.96. The van der Waals surface area contributed by atoms with Crippen molar-refractivity contribution in [2.45, 2.75) is 13.0 Å². The van der Waals surface area contributed by atoms with Gasteiger partial charge in [-0.15, -0.1) is 11.3 Å². The standard InChI is InChI=1S/C28H25N3O5S2/c1-16-22(26(32)30-18-9-6-5-7-10-18)23(20-11-8-14-37-20)31-27(33)21(38-28(31)29-16)15-17-12-13-19(34-2)25(36-4)24(17)35-3/h5-15,23H,1-4H3,(H,30,32)/b21-15-. The number of anilines is 1. The van der Waals surface area contributed by atoms with E-state index in [4.69, 9.17) is 14.2 Å². The number of allylic oxidation sites excluding steroid dienone is 1. The molecule has 1 aliphatic rings. The zero-order valence-electron chi connectivity index (χ0n) is 21.2. The zero-order chi connectivity index (χ0) is 26.8. The Hall–Kier alpha value is -4.15. The molecule has 1 amide bonds. The molecule has 2 aromatic carbocycles. The maximum absolute atomic E-state index is 13.9. The minimum Gasteiger partial charge on any atom is -0.493 e. The maximum atomic E-state index is 13.9. The first-order valence-corrected chi connectivity index (χ1v) is 13.4. The van der Waals surface area contributed by atoms with Crippen LogP contribution < -0.4 is 34.4 Å². The van der Waals surface area contributed by atoms with E-state index in [-0.39, 0.29) is 11.5 Å². The van der Waals surface area contributed by atoms with Gasteiger partial charge in [-0.2, -0.15) is 0 Å². The molecule has 0 spiro atoms. The Labute approximate surface area is 226 Å². The number of nitrogens with one attached hydrogen (secondary N) is 1. The summed E-state index contributed by atoms with van der Waals surface area (Å²) in [5.41, 5.74) is 2.07. The molecule has 38 heavy (non-hydrogen) atoms. The molecule has 4 aromatic rings. The van der Waals surface area contributed by atoms with Crippen LogP contribution in [0.5, 0.6) is 17.2 Å². The van der Waals surface area contributed by atoms with Crippen molar-refractivity contribution in [3.63, 3.8) is 0 Å². The molecule has 3 heterocycles. The van der Waals surface area contributed by atoms with E-state index in [1.807, 2.05) is 47.8 Å². The molecule has 0 radical (unpaired) electrons. The summed E-state index contributed by atoms with van der Waals surface area (Å²) < 4.78 is 18.5. The van der Waals surface area contributed by atoms with Crippen molar-refractivity contribution in [3.8, 4) is 17.2 Å². The van der Waals surface area contributed by atoms with Crippen LogP contribution in [0.2, 0.25) is 0 Å². The summed E-state index contributed by atoms with van der Waals surface area (Å²) in [7, 11) is 4.62. The summed E-state index contributed by atoms with van der Waals surface area (Å²) in [6.07, 6.45) is 1.75. The summed E-state index contributed by atoms with van der Waals surface area (Å²) in [5.74, 6) is 1.10. The Bertz CT molecular complexity index is 1700. The molecule has 0 saturated carbocycles. The van der Waals surface area contributed by atoms with Crippen LogP contribution in [0.4, 0.5) is 5.69 Å². The second-order valence-corrected chi connectivity index (χ2v) is 10.3. The summed E-state index contributed by atoms with van der Waals surface area (Å²) in [5, 5.41) is 4.89. The average Bonchev–Trinajstić information content (AvgIpc) is 3.56. The van der Waals surface area contributed by atoms with Gasteiger partial charge in [0.15, 0.2) is 16.3 Å². The number of ether oxygens (including phenoxy) is 3. The van der Waals surface area contributed by atoms with Gasteiger partial charge < -0.3 is 19.5 Å². The minimum absolute atomic E-state index is 0.249. The van der Waals surface area contributed by atoms with Crippen LogP contribution in [0.3, 0.4) is 0 Å². The van der Waals surface area contributed by atoms with Crippen molar-refractivity contribution < 1.29 is 19.0 Å². The molecule has 2 aromatic heterocycles. The third-order valence-electron chi connectivity index (χ3n) is 6.13. The average molecular weight is 548 g/mol. The Kier molecular flexibility index (Phi) is 7.17. The molecule has 5 rings (SSSR count). The van der Waals surface area contributed by atoms with E-state index >= 15 is 0 Å². The highest BCUT2D eigenvalue weighted by Crippen LogP contribution is 2.40. The number of rotatable bonds is 7. The Morgan fingerprint density at radius 1 is 1.00 bits per heavy atom. The van der Waals surface area contributed by atoms with E-state index in [1.165, 1.54) is 36.9 Å². The molecule has 0 fully saturated rings. The van der Waals surface area contributed by atoms with Gasteiger partial charge in [-0.25, -0.2) is 4.99 Å². The molecule has 10 heteroatoms. The first kappa shape index (κ1) is 25.5. The van der Waals surface area contributed by atoms with E-state index in [0.29, 0.717) is 49.1 Å². The lowest BCUT2D eigenvalue weighted by molar-refractivity contribution is -0.113. The highest BCUT2D eigenvalue weighted by Gasteiger charge is 2.33. The smallest absolute Gasteiger partial charge is 0.271 e. The van der Waals surface area contributed by atoms with Crippen LogP contribution in [-0.4, -0.2) is 31.8 Å². The van der Waals surface area contributed by atoms with Crippen LogP contribution in [0, 0.1) is 0 Å². The van der Waals surface area contributed by atoms with Gasteiger partial charge in [-0.3, -0.25) is 14.2 Å². The van der Waals surface area contributed by atoms with Crippen molar-refractivity contribution in [2.75, 3.05) is 26.6 Å². The highest BCUT2D eigenvalue weighted by atomic mass is 32.1. The first-order valence-electron chi connectivity index (χ1n) is 11.7. The third-order valence-corrected chi connectivity index (χ3v) is 8.04. The number of aromatic nitrogens is 1. The second kappa shape index (κ2) is 10.7. The van der Waals surface area contributed by atoms with Crippen molar-refractivity contribution in [2.24, 2.45) is 4.99 Å². The quantitative estimate of drug-likeness (QED) is 0.378. The van der Waals surface area contributed by atoms with Gasteiger partial charge in [0.2, 0.25) is 5.75 Å². The molecule has 1 N–H and O–H groups in total. The van der Waals surface area contributed by atoms with Crippen molar-refractivity contribution in [3.05, 3.63) is 101 Å². The van der Waals surface area contributed by atoms with Crippen molar-refractivity contribution in [1.82, 2.24) is 4.57 Å². The van der Waals surface area contributed by atoms with E-state index in [9.17, 15) is 9.59 Å². The van der Waals surface area contributed by atoms with Gasteiger partial charge in [0.25, 0.3) is 11.5 Å². The molecule has 1 unspecified atom stereocenters. The molecule has 1 atom stereocenters. The Morgan fingerprint density at radius 2 is 1.76 bits per heavy atom. The fraction of sp³-hybridized carbons (Fsp3) is 0.179. The maximum Gasteiger partial charge on any atom is 0.271 e. The number of hydrogen-bond acceptors (Lipinski definition) is 8. The van der Waals surface area contributed by atoms with Crippen molar-refractivity contribution >= 4 is 40.3 Å². The lowest BCUT2D eigenvalue weighted by Crippen LogP contribution is -2.40. The Morgan fingerprint density at radius 3 is 2.42 bits per heavy atom. The van der Waals surface area contributed by atoms with Crippen LogP contribution >= 0.6 is 22.7 Å². The number of amides is 1. The predicted molar refractivity (Wildman–Crippen MR) is 149 cm³/mol. The van der Waals surface area contributed by atoms with Crippen LogP contribution in [0.15, 0.2) is 81.0 Å². The molecule has 0 bridgehead atoms. The number of benzene rings is 2. The summed E-state index contributed by atoms with van der Waals surface area (Å²) in [6, 6.07) is 16.0. The number of methoxy groups -OCH3 is 3. The van der Waals surface area contributed by atoms with E-state index in [0.717, 1.165) is 4.88 Å². The number of carbonyl (C=O) groups excluding carboxylic acids is 1. The number of carbonyl (C=O) groups is 1.